The molecule has 1 unspecified atom stereocenters. The monoisotopic (exact) mass is 263 g/mol. The molecule has 3 atom stereocenters. The lowest BCUT2D eigenvalue weighted by atomic mass is 10.1. The van der Waals surface area contributed by atoms with E-state index in [0.717, 1.165) is 5.56 Å². The largest absolute Gasteiger partial charge is 0.375 e. The van der Waals surface area contributed by atoms with Gasteiger partial charge in [-0.3, -0.25) is 4.79 Å². The molecule has 1 aromatic rings. The maximum atomic E-state index is 12.0. The van der Waals surface area contributed by atoms with Gasteiger partial charge in [0.1, 0.15) is 6.04 Å². The molecule has 5 heteroatoms. The standard InChI is InChI=1S/C14H21N3O2/c1-10-13(16-7-8-19-10)14(18)17-9-12(15)11-5-3-2-4-6-11/h2-6,10,12-13,16H,7-9,15H2,1H3,(H,17,18)/t10-,12?,13+/m1/s1. The van der Waals surface area contributed by atoms with Crippen LogP contribution in [0.4, 0.5) is 0 Å². The summed E-state index contributed by atoms with van der Waals surface area (Å²) in [5.41, 5.74) is 7.06. The number of morpholine rings is 1. The first-order valence-corrected chi connectivity index (χ1v) is 6.61. The molecule has 0 bridgehead atoms. The molecular weight excluding hydrogens is 242 g/mol. The smallest absolute Gasteiger partial charge is 0.239 e. The number of nitrogens with one attached hydrogen (secondary N) is 2. The quantitative estimate of drug-likeness (QED) is 0.724. The molecule has 1 saturated heterocycles. The number of hydrogen-bond acceptors (Lipinski definition) is 4. The predicted molar refractivity (Wildman–Crippen MR) is 73.6 cm³/mol. The number of rotatable bonds is 4. The van der Waals surface area contributed by atoms with Crippen LogP contribution in [-0.2, 0) is 9.53 Å². The first kappa shape index (κ1) is 14.0. The van der Waals surface area contributed by atoms with Gasteiger partial charge < -0.3 is 21.1 Å². The summed E-state index contributed by atoms with van der Waals surface area (Å²) in [6, 6.07) is 9.26. The molecule has 1 aromatic carbocycles. The highest BCUT2D eigenvalue weighted by Crippen LogP contribution is 2.09. The van der Waals surface area contributed by atoms with Crippen molar-refractivity contribution in [3.8, 4) is 0 Å². The van der Waals surface area contributed by atoms with Gasteiger partial charge in [0, 0.05) is 19.1 Å². The van der Waals surface area contributed by atoms with Crippen molar-refractivity contribution in [2.24, 2.45) is 5.73 Å². The molecule has 0 aromatic heterocycles. The summed E-state index contributed by atoms with van der Waals surface area (Å²) in [5.74, 6) is -0.0569. The highest BCUT2D eigenvalue weighted by Gasteiger charge is 2.28. The van der Waals surface area contributed by atoms with Crippen LogP contribution < -0.4 is 16.4 Å². The lowest BCUT2D eigenvalue weighted by Crippen LogP contribution is -2.56. The van der Waals surface area contributed by atoms with E-state index in [1.165, 1.54) is 0 Å². The molecule has 1 aliphatic rings. The van der Waals surface area contributed by atoms with Gasteiger partial charge in [0.05, 0.1) is 12.7 Å². The Kier molecular flexibility index (Phi) is 4.90. The van der Waals surface area contributed by atoms with Crippen molar-refractivity contribution in [1.82, 2.24) is 10.6 Å². The molecule has 0 saturated carbocycles. The molecule has 19 heavy (non-hydrogen) atoms. The number of amides is 1. The Labute approximate surface area is 113 Å². The highest BCUT2D eigenvalue weighted by atomic mass is 16.5. The minimum Gasteiger partial charge on any atom is -0.375 e. The number of benzene rings is 1. The minimum atomic E-state index is -0.295. The van der Waals surface area contributed by atoms with Crippen LogP contribution in [0.5, 0.6) is 0 Å². The van der Waals surface area contributed by atoms with Gasteiger partial charge in [-0.25, -0.2) is 0 Å². The zero-order chi connectivity index (χ0) is 13.7. The van der Waals surface area contributed by atoms with E-state index in [9.17, 15) is 4.79 Å². The van der Waals surface area contributed by atoms with Crippen LogP contribution in [0.2, 0.25) is 0 Å². The van der Waals surface area contributed by atoms with Crippen molar-refractivity contribution in [1.29, 1.82) is 0 Å². The van der Waals surface area contributed by atoms with Crippen molar-refractivity contribution >= 4 is 5.91 Å². The fourth-order valence-electron chi connectivity index (χ4n) is 2.17. The molecule has 1 amide bonds. The second-order valence-electron chi connectivity index (χ2n) is 4.77. The van der Waals surface area contributed by atoms with Gasteiger partial charge in [0.25, 0.3) is 0 Å². The molecule has 1 heterocycles. The Bertz CT molecular complexity index is 410. The maximum Gasteiger partial charge on any atom is 0.239 e. The molecule has 104 valence electrons. The van der Waals surface area contributed by atoms with Crippen LogP contribution in [0.3, 0.4) is 0 Å². The Hall–Kier alpha value is -1.43. The van der Waals surface area contributed by atoms with Crippen molar-refractivity contribution < 1.29 is 9.53 Å². The predicted octanol–water partition coefficient (Wildman–Crippen LogP) is 0.180. The molecule has 5 nitrogen and oxygen atoms in total. The Morgan fingerprint density at radius 1 is 1.53 bits per heavy atom. The topological polar surface area (TPSA) is 76.4 Å². The zero-order valence-electron chi connectivity index (χ0n) is 11.1. The van der Waals surface area contributed by atoms with Crippen molar-refractivity contribution in [3.63, 3.8) is 0 Å². The third-order valence-electron chi connectivity index (χ3n) is 3.32. The summed E-state index contributed by atoms with van der Waals surface area (Å²) in [7, 11) is 0. The van der Waals surface area contributed by atoms with Crippen LogP contribution in [0.25, 0.3) is 0 Å². The van der Waals surface area contributed by atoms with E-state index in [1.807, 2.05) is 37.3 Å². The number of carbonyl (C=O) groups excluding carboxylic acids is 1. The highest BCUT2D eigenvalue weighted by molar-refractivity contribution is 5.82. The van der Waals surface area contributed by atoms with Gasteiger partial charge in [-0.15, -0.1) is 0 Å². The average Bonchev–Trinajstić information content (AvgIpc) is 2.46. The number of carbonyl (C=O) groups is 1. The minimum absolute atomic E-state index is 0.0569. The SMILES string of the molecule is C[C@H]1OCCN[C@@H]1C(=O)NCC(N)c1ccccc1. The Balaban J connectivity index is 1.83. The van der Waals surface area contributed by atoms with E-state index < -0.39 is 0 Å². The first-order chi connectivity index (χ1) is 9.18. The van der Waals surface area contributed by atoms with Gasteiger partial charge in [-0.1, -0.05) is 30.3 Å². The van der Waals surface area contributed by atoms with Crippen LogP contribution in [0, 0.1) is 0 Å². The third-order valence-corrected chi connectivity index (χ3v) is 3.32. The van der Waals surface area contributed by atoms with Gasteiger partial charge in [-0.05, 0) is 12.5 Å². The molecule has 4 N–H and O–H groups in total. The van der Waals surface area contributed by atoms with Gasteiger partial charge in [-0.2, -0.15) is 0 Å². The number of nitrogens with two attached hydrogens (primary N) is 1. The van der Waals surface area contributed by atoms with Gasteiger partial charge >= 0.3 is 0 Å². The summed E-state index contributed by atoms with van der Waals surface area (Å²) >= 11 is 0. The van der Waals surface area contributed by atoms with Crippen LogP contribution in [0.15, 0.2) is 30.3 Å². The van der Waals surface area contributed by atoms with E-state index in [0.29, 0.717) is 19.7 Å². The fraction of sp³-hybridized carbons (Fsp3) is 0.500. The second kappa shape index (κ2) is 6.65. The summed E-state index contributed by atoms with van der Waals surface area (Å²) in [6.07, 6.45) is -0.110. The van der Waals surface area contributed by atoms with Crippen molar-refractivity contribution in [2.45, 2.75) is 25.1 Å². The van der Waals surface area contributed by atoms with Gasteiger partial charge in [0.15, 0.2) is 0 Å². The first-order valence-electron chi connectivity index (χ1n) is 6.61. The molecular formula is C14H21N3O2. The second-order valence-corrected chi connectivity index (χ2v) is 4.77. The number of ether oxygens (including phenoxy) is 1. The lowest BCUT2D eigenvalue weighted by Gasteiger charge is -2.29. The normalized spacial score (nSPS) is 24.7. The van der Waals surface area contributed by atoms with Gasteiger partial charge in [0.2, 0.25) is 5.91 Å². The summed E-state index contributed by atoms with van der Waals surface area (Å²) < 4.78 is 5.45. The van der Waals surface area contributed by atoms with E-state index in [4.69, 9.17) is 10.5 Å². The van der Waals surface area contributed by atoms with Crippen LogP contribution in [0.1, 0.15) is 18.5 Å². The lowest BCUT2D eigenvalue weighted by molar-refractivity contribution is -0.129. The molecule has 0 aliphatic carbocycles. The van der Waals surface area contributed by atoms with Crippen LogP contribution in [-0.4, -0.2) is 37.7 Å². The Morgan fingerprint density at radius 3 is 2.95 bits per heavy atom. The summed E-state index contributed by atoms with van der Waals surface area (Å²) in [5, 5.41) is 6.03. The maximum absolute atomic E-state index is 12.0. The number of hydrogen-bond donors (Lipinski definition) is 3. The molecule has 1 aliphatic heterocycles. The molecule has 0 spiro atoms. The third kappa shape index (κ3) is 3.76. The summed E-state index contributed by atoms with van der Waals surface area (Å²) in [4.78, 5) is 12.0. The molecule has 1 fully saturated rings. The average molecular weight is 263 g/mol. The van der Waals surface area contributed by atoms with Crippen LogP contribution >= 0.6 is 0 Å². The summed E-state index contributed by atoms with van der Waals surface area (Å²) in [6.45, 7) is 3.67. The Morgan fingerprint density at radius 2 is 2.26 bits per heavy atom. The van der Waals surface area contributed by atoms with Crippen molar-refractivity contribution in [2.75, 3.05) is 19.7 Å². The van der Waals surface area contributed by atoms with E-state index >= 15 is 0 Å². The van der Waals surface area contributed by atoms with E-state index in [1.54, 1.807) is 0 Å². The zero-order valence-corrected chi connectivity index (χ0v) is 11.1. The molecule has 0 radical (unpaired) electrons. The van der Waals surface area contributed by atoms with E-state index in [-0.39, 0.29) is 24.1 Å². The molecule has 2 rings (SSSR count). The van der Waals surface area contributed by atoms with E-state index in [2.05, 4.69) is 10.6 Å². The fourth-order valence-corrected chi connectivity index (χ4v) is 2.17. The van der Waals surface area contributed by atoms with Crippen molar-refractivity contribution in [3.05, 3.63) is 35.9 Å².